The number of ether oxygens (including phenoxy) is 1. The quantitative estimate of drug-likeness (QED) is 0.415. The molecule has 0 saturated carbocycles. The molecule has 38 heavy (non-hydrogen) atoms. The molecule has 196 valence electrons. The molecule has 2 unspecified atom stereocenters. The van der Waals surface area contributed by atoms with Crippen molar-refractivity contribution in [1.29, 1.82) is 0 Å². The fourth-order valence-electron chi connectivity index (χ4n) is 5.10. The van der Waals surface area contributed by atoms with Crippen molar-refractivity contribution >= 4 is 34.5 Å². The zero-order valence-corrected chi connectivity index (χ0v) is 21.0. The van der Waals surface area contributed by atoms with Gasteiger partial charge in [0.05, 0.1) is 6.04 Å². The Hall–Kier alpha value is -4.47. The van der Waals surface area contributed by atoms with E-state index in [1.165, 1.54) is 6.92 Å². The molecule has 0 aliphatic carbocycles. The van der Waals surface area contributed by atoms with E-state index in [4.69, 9.17) is 4.74 Å². The maximum absolute atomic E-state index is 13.2. The maximum atomic E-state index is 13.2. The Kier molecular flexibility index (Phi) is 7.21. The average Bonchev–Trinajstić information content (AvgIpc) is 3.27. The van der Waals surface area contributed by atoms with Gasteiger partial charge in [-0.3, -0.25) is 24.7 Å². The lowest BCUT2D eigenvalue weighted by Crippen LogP contribution is -2.56. The van der Waals surface area contributed by atoms with E-state index in [1.807, 2.05) is 36.4 Å². The molecule has 2 aromatic carbocycles. The number of likely N-dealkylation sites (tertiary alicyclic amines) is 1. The first-order valence-corrected chi connectivity index (χ1v) is 12.6. The monoisotopic (exact) mass is 515 g/mol. The largest absolute Gasteiger partial charge is 0.488 e. The highest BCUT2D eigenvalue weighted by Crippen LogP contribution is 2.26. The van der Waals surface area contributed by atoms with E-state index in [1.54, 1.807) is 29.4 Å². The molecule has 2 atom stereocenters. The highest BCUT2D eigenvalue weighted by Gasteiger charge is 2.42. The maximum Gasteiger partial charge on any atom is 0.322 e. The summed E-state index contributed by atoms with van der Waals surface area (Å²) in [5, 5.41) is 9.83. The molecule has 0 bridgehead atoms. The molecular formula is C28H29N5O5. The molecule has 3 N–H and O–H groups in total. The summed E-state index contributed by atoms with van der Waals surface area (Å²) >= 11 is 0. The van der Waals surface area contributed by atoms with E-state index < -0.39 is 24.0 Å². The van der Waals surface area contributed by atoms with E-state index >= 15 is 0 Å². The summed E-state index contributed by atoms with van der Waals surface area (Å²) in [5.74, 6) is -0.134. The first-order chi connectivity index (χ1) is 18.4. The normalized spacial score (nSPS) is 18.6. The van der Waals surface area contributed by atoms with Gasteiger partial charge < -0.3 is 20.3 Å². The van der Waals surface area contributed by atoms with Crippen molar-refractivity contribution in [2.45, 2.75) is 38.5 Å². The molecule has 3 heterocycles. The minimum Gasteiger partial charge on any atom is -0.488 e. The fourth-order valence-corrected chi connectivity index (χ4v) is 5.10. The Bertz CT molecular complexity index is 1360. The van der Waals surface area contributed by atoms with Crippen LogP contribution in [-0.2, 0) is 16.2 Å². The van der Waals surface area contributed by atoms with Gasteiger partial charge in [0.2, 0.25) is 5.91 Å². The molecule has 5 rings (SSSR count). The number of hydrogen-bond acceptors (Lipinski definition) is 6. The van der Waals surface area contributed by atoms with Gasteiger partial charge in [-0.1, -0.05) is 24.3 Å². The first kappa shape index (κ1) is 25.2. The summed E-state index contributed by atoms with van der Waals surface area (Å²) in [6.45, 7) is 2.93. The number of imide groups is 1. The van der Waals surface area contributed by atoms with Crippen LogP contribution in [0.5, 0.6) is 5.75 Å². The van der Waals surface area contributed by atoms with Crippen molar-refractivity contribution in [2.75, 3.05) is 13.1 Å². The van der Waals surface area contributed by atoms with Crippen LogP contribution in [0, 0.1) is 5.92 Å². The summed E-state index contributed by atoms with van der Waals surface area (Å²) < 4.78 is 6.02. The van der Waals surface area contributed by atoms with Crippen molar-refractivity contribution in [3.05, 3.63) is 72.1 Å². The number of piperidine rings is 1. The Morgan fingerprint density at radius 2 is 1.87 bits per heavy atom. The van der Waals surface area contributed by atoms with Crippen molar-refractivity contribution in [2.24, 2.45) is 5.92 Å². The molecular weight excluding hydrogens is 486 g/mol. The summed E-state index contributed by atoms with van der Waals surface area (Å²) in [4.78, 5) is 55.1. The van der Waals surface area contributed by atoms with E-state index in [0.717, 1.165) is 22.1 Å². The van der Waals surface area contributed by atoms with Gasteiger partial charge in [0, 0.05) is 48.7 Å². The average molecular weight is 516 g/mol. The fraction of sp³-hybridized carbons (Fsp3) is 0.321. The van der Waals surface area contributed by atoms with E-state index in [0.29, 0.717) is 38.1 Å². The number of hydrogen-bond donors (Lipinski definition) is 3. The van der Waals surface area contributed by atoms with Crippen molar-refractivity contribution in [3.63, 3.8) is 0 Å². The minimum atomic E-state index is -0.871. The van der Waals surface area contributed by atoms with Crippen LogP contribution in [0.1, 0.15) is 35.7 Å². The third kappa shape index (κ3) is 5.44. The Morgan fingerprint density at radius 1 is 1.11 bits per heavy atom. The van der Waals surface area contributed by atoms with Crippen LogP contribution in [0.3, 0.4) is 0 Å². The molecule has 0 spiro atoms. The van der Waals surface area contributed by atoms with Crippen molar-refractivity contribution in [3.8, 4) is 5.75 Å². The van der Waals surface area contributed by atoms with Gasteiger partial charge in [-0.15, -0.1) is 0 Å². The number of pyridine rings is 1. The van der Waals surface area contributed by atoms with Crippen molar-refractivity contribution in [1.82, 2.24) is 25.8 Å². The van der Waals surface area contributed by atoms with E-state index in [-0.39, 0.29) is 17.7 Å². The van der Waals surface area contributed by atoms with Gasteiger partial charge in [0.15, 0.2) is 0 Å². The number of rotatable bonds is 7. The zero-order chi connectivity index (χ0) is 26.6. The number of nitrogens with zero attached hydrogens (tertiary/aromatic N) is 2. The smallest absolute Gasteiger partial charge is 0.322 e. The van der Waals surface area contributed by atoms with Gasteiger partial charge in [-0.2, -0.15) is 0 Å². The molecule has 10 heteroatoms. The number of amides is 5. The second-order valence-electron chi connectivity index (χ2n) is 9.62. The second kappa shape index (κ2) is 10.9. The molecule has 2 aliphatic heterocycles. The summed E-state index contributed by atoms with van der Waals surface area (Å²) in [6, 6.07) is 12.7. The van der Waals surface area contributed by atoms with E-state index in [2.05, 4.69) is 20.9 Å². The van der Waals surface area contributed by atoms with Crippen LogP contribution >= 0.6 is 0 Å². The molecule has 2 saturated heterocycles. The molecule has 0 radical (unpaired) electrons. The first-order valence-electron chi connectivity index (χ1n) is 12.6. The molecule has 2 aliphatic rings. The Morgan fingerprint density at radius 3 is 2.55 bits per heavy atom. The van der Waals surface area contributed by atoms with Crippen LogP contribution in [0.15, 0.2) is 60.9 Å². The van der Waals surface area contributed by atoms with Crippen LogP contribution < -0.4 is 20.7 Å². The lowest BCUT2D eigenvalue weighted by atomic mass is 9.85. The number of carbonyl (C=O) groups excluding carboxylic acids is 4. The lowest BCUT2D eigenvalue weighted by Gasteiger charge is -2.37. The summed E-state index contributed by atoms with van der Waals surface area (Å²) in [6.07, 6.45) is 4.74. The molecule has 5 amide bonds. The number of urea groups is 1. The zero-order valence-electron chi connectivity index (χ0n) is 21.0. The summed E-state index contributed by atoms with van der Waals surface area (Å²) in [5.41, 5.74) is 1.32. The molecule has 10 nitrogen and oxygen atoms in total. The van der Waals surface area contributed by atoms with Crippen molar-refractivity contribution < 1.29 is 23.9 Å². The standard InChI is InChI=1S/C28H29N5O5/c1-17(34)33-13-10-19(11-14-33)24(25-27(36)32-28(37)31-25)30-26(35)20-7-5-18(6-8-20)16-38-23-4-2-3-21-15-29-12-9-22(21)23/h2-9,12,15,19,24-25H,10-11,13-14,16H2,1H3,(H,30,35)(H2,31,32,36,37). The van der Waals surface area contributed by atoms with Crippen LogP contribution in [-0.4, -0.2) is 58.8 Å². The van der Waals surface area contributed by atoms with Crippen LogP contribution in [0.25, 0.3) is 10.8 Å². The predicted molar refractivity (Wildman–Crippen MR) is 139 cm³/mol. The SMILES string of the molecule is CC(=O)N1CCC(C(NC(=O)c2ccc(COc3cccc4cnccc34)cc2)C2NC(=O)NC2=O)CC1. The Balaban J connectivity index is 1.25. The van der Waals surface area contributed by atoms with Gasteiger partial charge in [0.1, 0.15) is 18.4 Å². The molecule has 3 aromatic rings. The molecule has 1 aromatic heterocycles. The van der Waals surface area contributed by atoms with Gasteiger partial charge in [-0.05, 0) is 48.6 Å². The number of fused-ring (bicyclic) bond motifs is 1. The third-order valence-corrected chi connectivity index (χ3v) is 7.21. The minimum absolute atomic E-state index is 0.00234. The highest BCUT2D eigenvalue weighted by molar-refractivity contribution is 6.05. The number of aromatic nitrogens is 1. The predicted octanol–water partition coefficient (Wildman–Crippen LogP) is 2.38. The lowest BCUT2D eigenvalue weighted by molar-refractivity contribution is -0.130. The number of carbonyl (C=O) groups is 4. The number of nitrogens with one attached hydrogen (secondary N) is 3. The highest BCUT2D eigenvalue weighted by atomic mass is 16.5. The van der Waals surface area contributed by atoms with Gasteiger partial charge in [0.25, 0.3) is 11.8 Å². The topological polar surface area (TPSA) is 130 Å². The number of benzene rings is 2. The van der Waals surface area contributed by atoms with Crippen LogP contribution in [0.4, 0.5) is 4.79 Å². The summed E-state index contributed by atoms with van der Waals surface area (Å²) in [7, 11) is 0. The van der Waals surface area contributed by atoms with Gasteiger partial charge in [-0.25, -0.2) is 4.79 Å². The van der Waals surface area contributed by atoms with E-state index in [9.17, 15) is 19.2 Å². The second-order valence-corrected chi connectivity index (χ2v) is 9.62. The Labute approximate surface area is 219 Å². The van der Waals surface area contributed by atoms with Gasteiger partial charge >= 0.3 is 6.03 Å². The van der Waals surface area contributed by atoms with Crippen LogP contribution in [0.2, 0.25) is 0 Å². The third-order valence-electron chi connectivity index (χ3n) is 7.21. The molecule has 2 fully saturated rings.